The van der Waals surface area contributed by atoms with Gasteiger partial charge in [0.25, 0.3) is 0 Å². The normalized spacial score (nSPS) is 10.7. The van der Waals surface area contributed by atoms with Gasteiger partial charge >= 0.3 is 0 Å². The van der Waals surface area contributed by atoms with Gasteiger partial charge in [-0.2, -0.15) is 5.10 Å². The lowest BCUT2D eigenvalue weighted by Crippen LogP contribution is -2.08. The van der Waals surface area contributed by atoms with E-state index in [1.807, 2.05) is 22.9 Å². The van der Waals surface area contributed by atoms with Crippen molar-refractivity contribution in [2.75, 3.05) is 13.7 Å². The topological polar surface area (TPSA) is 39.9 Å². The van der Waals surface area contributed by atoms with Crippen LogP contribution in [0.2, 0.25) is 0 Å². The first kappa shape index (κ1) is 12.1. The highest BCUT2D eigenvalue weighted by Gasteiger charge is 2.08. The van der Waals surface area contributed by atoms with Crippen LogP contribution in [0.5, 0.6) is 0 Å². The van der Waals surface area contributed by atoms with Gasteiger partial charge in [0.15, 0.2) is 0 Å². The first-order valence-electron chi connectivity index (χ1n) is 5.37. The summed E-state index contributed by atoms with van der Waals surface area (Å²) in [4.78, 5) is 3.99. The van der Waals surface area contributed by atoms with Gasteiger partial charge in [-0.15, -0.1) is 11.6 Å². The number of ether oxygens (including phenoxy) is 1. The van der Waals surface area contributed by atoms with Crippen LogP contribution in [0.4, 0.5) is 0 Å². The Morgan fingerprint density at radius 1 is 1.35 bits per heavy atom. The monoisotopic (exact) mass is 251 g/mol. The van der Waals surface area contributed by atoms with E-state index in [0.29, 0.717) is 19.0 Å². The number of methoxy groups -OCH3 is 1. The van der Waals surface area contributed by atoms with Crippen LogP contribution < -0.4 is 0 Å². The first-order valence-corrected chi connectivity index (χ1v) is 5.90. The van der Waals surface area contributed by atoms with E-state index >= 15 is 0 Å². The van der Waals surface area contributed by atoms with Gasteiger partial charge in [-0.3, -0.25) is 9.67 Å². The van der Waals surface area contributed by atoms with Gasteiger partial charge in [0.1, 0.15) is 0 Å². The molecular weight excluding hydrogens is 238 g/mol. The molecule has 2 heterocycles. The van der Waals surface area contributed by atoms with Crippen LogP contribution in [0, 0.1) is 0 Å². The van der Waals surface area contributed by atoms with Crippen molar-refractivity contribution in [1.82, 2.24) is 14.8 Å². The third-order valence-electron chi connectivity index (χ3n) is 2.48. The van der Waals surface area contributed by atoms with Crippen molar-refractivity contribution in [3.8, 4) is 11.3 Å². The molecule has 2 rings (SSSR count). The van der Waals surface area contributed by atoms with Crippen LogP contribution in [-0.4, -0.2) is 28.5 Å². The first-order chi connectivity index (χ1) is 8.35. The number of nitrogens with zero attached hydrogens (tertiary/aromatic N) is 3. The highest BCUT2D eigenvalue weighted by molar-refractivity contribution is 6.16. The fourth-order valence-corrected chi connectivity index (χ4v) is 1.81. The van der Waals surface area contributed by atoms with E-state index in [1.165, 1.54) is 0 Å². The fourth-order valence-electron chi connectivity index (χ4n) is 1.60. The molecule has 0 fully saturated rings. The zero-order chi connectivity index (χ0) is 12.1. The van der Waals surface area contributed by atoms with Gasteiger partial charge in [-0.05, 0) is 18.2 Å². The minimum atomic E-state index is 0.446. The van der Waals surface area contributed by atoms with Crippen LogP contribution in [-0.2, 0) is 17.2 Å². The maximum absolute atomic E-state index is 5.90. The second-order valence-electron chi connectivity index (χ2n) is 3.61. The molecule has 4 nitrogen and oxygen atoms in total. The Morgan fingerprint density at radius 2 is 2.12 bits per heavy atom. The Labute approximate surface area is 105 Å². The highest BCUT2D eigenvalue weighted by Crippen LogP contribution is 2.19. The molecule has 0 aliphatic rings. The van der Waals surface area contributed by atoms with Gasteiger partial charge in [-0.25, -0.2) is 0 Å². The second kappa shape index (κ2) is 5.80. The van der Waals surface area contributed by atoms with E-state index in [0.717, 1.165) is 17.0 Å². The standard InChI is InChI=1S/C12H14ClN3O/c1-17-7-6-16-11(9-13)8-12(15-16)10-2-4-14-5-3-10/h2-5,8H,6-7,9H2,1H3. The summed E-state index contributed by atoms with van der Waals surface area (Å²) in [5.41, 5.74) is 2.96. The van der Waals surface area contributed by atoms with Crippen LogP contribution >= 0.6 is 11.6 Å². The zero-order valence-electron chi connectivity index (χ0n) is 9.64. The summed E-state index contributed by atoms with van der Waals surface area (Å²) in [6, 6.07) is 5.86. The molecule has 0 aromatic carbocycles. The lowest BCUT2D eigenvalue weighted by molar-refractivity contribution is 0.183. The molecule has 0 bridgehead atoms. The molecule has 5 heteroatoms. The Kier molecular flexibility index (Phi) is 4.12. The average molecular weight is 252 g/mol. The Morgan fingerprint density at radius 3 is 2.76 bits per heavy atom. The molecule has 2 aromatic heterocycles. The molecule has 2 aromatic rings. The van der Waals surface area contributed by atoms with Crippen molar-refractivity contribution in [3.05, 3.63) is 36.3 Å². The molecule has 90 valence electrons. The molecule has 0 N–H and O–H groups in total. The van der Waals surface area contributed by atoms with Crippen molar-refractivity contribution in [3.63, 3.8) is 0 Å². The molecule has 0 spiro atoms. The van der Waals surface area contributed by atoms with Gasteiger partial charge in [0.05, 0.1) is 30.4 Å². The molecule has 0 amide bonds. The third kappa shape index (κ3) is 2.84. The second-order valence-corrected chi connectivity index (χ2v) is 3.87. The molecule has 0 unspecified atom stereocenters. The maximum Gasteiger partial charge on any atom is 0.0927 e. The summed E-state index contributed by atoms with van der Waals surface area (Å²) in [5.74, 6) is 0.446. The van der Waals surface area contributed by atoms with Crippen molar-refractivity contribution in [1.29, 1.82) is 0 Å². The largest absolute Gasteiger partial charge is 0.383 e. The van der Waals surface area contributed by atoms with Gasteiger partial charge < -0.3 is 4.74 Å². The molecule has 0 saturated carbocycles. The van der Waals surface area contributed by atoms with Gasteiger partial charge in [-0.1, -0.05) is 0 Å². The van der Waals surface area contributed by atoms with E-state index in [1.54, 1.807) is 19.5 Å². The van der Waals surface area contributed by atoms with Crippen LogP contribution in [0.25, 0.3) is 11.3 Å². The van der Waals surface area contributed by atoms with Crippen molar-refractivity contribution in [2.24, 2.45) is 0 Å². The number of alkyl halides is 1. The van der Waals surface area contributed by atoms with E-state index in [9.17, 15) is 0 Å². The van der Waals surface area contributed by atoms with Crippen molar-refractivity contribution in [2.45, 2.75) is 12.4 Å². The Bertz CT molecular complexity index is 470. The van der Waals surface area contributed by atoms with Crippen LogP contribution in [0.1, 0.15) is 5.69 Å². The number of hydrogen-bond acceptors (Lipinski definition) is 3. The minimum Gasteiger partial charge on any atom is -0.383 e. The van der Waals surface area contributed by atoms with E-state index < -0.39 is 0 Å². The molecule has 0 atom stereocenters. The number of pyridine rings is 1. The lowest BCUT2D eigenvalue weighted by atomic mass is 10.2. The smallest absolute Gasteiger partial charge is 0.0927 e. The van der Waals surface area contributed by atoms with Crippen LogP contribution in [0.15, 0.2) is 30.6 Å². The number of hydrogen-bond donors (Lipinski definition) is 0. The molecule has 0 aliphatic heterocycles. The molecule has 0 radical (unpaired) electrons. The average Bonchev–Trinajstić information content (AvgIpc) is 2.80. The summed E-state index contributed by atoms with van der Waals surface area (Å²) in [5, 5.41) is 4.51. The predicted molar refractivity (Wildman–Crippen MR) is 66.9 cm³/mol. The maximum atomic E-state index is 5.90. The van der Waals surface area contributed by atoms with Gasteiger partial charge in [0.2, 0.25) is 0 Å². The van der Waals surface area contributed by atoms with Gasteiger partial charge in [0, 0.05) is 25.1 Å². The molecule has 0 saturated heterocycles. The number of aromatic nitrogens is 3. The summed E-state index contributed by atoms with van der Waals surface area (Å²) in [7, 11) is 1.67. The summed E-state index contributed by atoms with van der Waals surface area (Å²) >= 11 is 5.90. The Balaban J connectivity index is 2.28. The Hall–Kier alpha value is -1.39. The number of rotatable bonds is 5. The minimum absolute atomic E-state index is 0.446. The summed E-state index contributed by atoms with van der Waals surface area (Å²) in [6.07, 6.45) is 3.51. The van der Waals surface area contributed by atoms with Crippen molar-refractivity contribution < 1.29 is 4.74 Å². The summed E-state index contributed by atoms with van der Waals surface area (Å²) < 4.78 is 6.93. The van der Waals surface area contributed by atoms with Crippen molar-refractivity contribution >= 4 is 11.6 Å². The SMILES string of the molecule is COCCn1nc(-c2ccncc2)cc1CCl. The number of halogens is 1. The summed E-state index contributed by atoms with van der Waals surface area (Å²) in [6.45, 7) is 1.34. The van der Waals surface area contributed by atoms with E-state index in [4.69, 9.17) is 16.3 Å². The highest BCUT2D eigenvalue weighted by atomic mass is 35.5. The third-order valence-corrected chi connectivity index (χ3v) is 2.76. The molecule has 0 aliphatic carbocycles. The van der Waals surface area contributed by atoms with E-state index in [-0.39, 0.29) is 0 Å². The molecule has 17 heavy (non-hydrogen) atoms. The zero-order valence-corrected chi connectivity index (χ0v) is 10.4. The predicted octanol–water partition coefficient (Wildman–Crippen LogP) is 2.33. The van der Waals surface area contributed by atoms with Crippen LogP contribution in [0.3, 0.4) is 0 Å². The fraction of sp³-hybridized carbons (Fsp3) is 0.333. The quantitative estimate of drug-likeness (QED) is 0.766. The van der Waals surface area contributed by atoms with E-state index in [2.05, 4.69) is 10.1 Å². The lowest BCUT2D eigenvalue weighted by Gasteiger charge is -2.03. The molecular formula is C12H14ClN3O.